The molecule has 1 amide bonds. The summed E-state index contributed by atoms with van der Waals surface area (Å²) >= 11 is 0. The molecule has 124 valence electrons. The Balaban J connectivity index is 1.86. The molecule has 0 aromatic heterocycles. The lowest BCUT2D eigenvalue weighted by atomic mass is 10.0. The molecular formula is C20H27NO2. The number of hydrogen-bond acceptors (Lipinski definition) is 2. The van der Waals surface area contributed by atoms with E-state index in [1.54, 1.807) is 7.11 Å². The molecule has 0 spiro atoms. The van der Waals surface area contributed by atoms with Crippen LogP contribution < -0.4 is 10.1 Å². The van der Waals surface area contributed by atoms with Crippen molar-refractivity contribution in [2.75, 3.05) is 13.7 Å². The fourth-order valence-electron chi connectivity index (χ4n) is 2.79. The van der Waals surface area contributed by atoms with Gasteiger partial charge in [0.1, 0.15) is 5.75 Å². The highest BCUT2D eigenvalue weighted by Crippen LogP contribution is 2.24. The molecule has 2 aromatic rings. The topological polar surface area (TPSA) is 38.3 Å². The summed E-state index contributed by atoms with van der Waals surface area (Å²) in [4.78, 5) is 11.7. The van der Waals surface area contributed by atoms with Gasteiger partial charge in [0.2, 0.25) is 5.91 Å². The van der Waals surface area contributed by atoms with E-state index >= 15 is 0 Å². The van der Waals surface area contributed by atoms with Crippen molar-refractivity contribution in [2.45, 2.75) is 45.4 Å². The number of amides is 1. The van der Waals surface area contributed by atoms with E-state index in [2.05, 4.69) is 42.6 Å². The van der Waals surface area contributed by atoms with E-state index < -0.39 is 0 Å². The molecule has 0 bridgehead atoms. The summed E-state index contributed by atoms with van der Waals surface area (Å²) in [6, 6.07) is 12.5. The number of carbonyl (C=O) groups excluding carboxylic acids is 1. The number of ether oxygens (including phenoxy) is 1. The van der Waals surface area contributed by atoms with E-state index in [0.717, 1.165) is 44.4 Å². The van der Waals surface area contributed by atoms with Crippen molar-refractivity contribution in [2.24, 2.45) is 0 Å². The van der Waals surface area contributed by atoms with E-state index in [0.29, 0.717) is 6.42 Å². The molecule has 2 rings (SSSR count). The third kappa shape index (κ3) is 5.27. The van der Waals surface area contributed by atoms with Gasteiger partial charge in [-0.1, -0.05) is 44.0 Å². The highest BCUT2D eigenvalue weighted by atomic mass is 16.5. The van der Waals surface area contributed by atoms with Gasteiger partial charge in [-0.2, -0.15) is 0 Å². The van der Waals surface area contributed by atoms with Crippen molar-refractivity contribution in [3.05, 3.63) is 42.0 Å². The van der Waals surface area contributed by atoms with Crippen molar-refractivity contribution < 1.29 is 9.53 Å². The monoisotopic (exact) mass is 313 g/mol. The van der Waals surface area contributed by atoms with Crippen LogP contribution in [0.15, 0.2) is 36.4 Å². The first kappa shape index (κ1) is 17.3. The molecule has 0 aliphatic rings. The Hall–Kier alpha value is -2.03. The summed E-state index contributed by atoms with van der Waals surface area (Å²) in [6.07, 6.45) is 5.84. The lowest BCUT2D eigenvalue weighted by Crippen LogP contribution is -2.24. The summed E-state index contributed by atoms with van der Waals surface area (Å²) < 4.78 is 5.32. The standard InChI is InChI=1S/C20H27NO2/c1-3-4-5-11-20(22)21-14-7-10-16-8-6-9-17-12-13-18(23-2)15-19(16)17/h6,8-9,12-13,15H,3-5,7,10-11,14H2,1-2H3,(H,21,22). The van der Waals surface area contributed by atoms with Crippen molar-refractivity contribution in [1.29, 1.82) is 0 Å². The maximum absolute atomic E-state index is 11.7. The minimum atomic E-state index is 0.179. The number of unbranched alkanes of at least 4 members (excludes halogenated alkanes) is 2. The van der Waals surface area contributed by atoms with Crippen LogP contribution >= 0.6 is 0 Å². The largest absolute Gasteiger partial charge is 0.497 e. The molecule has 2 aromatic carbocycles. The maximum atomic E-state index is 11.7. The van der Waals surface area contributed by atoms with Crippen LogP contribution in [0, 0.1) is 0 Å². The van der Waals surface area contributed by atoms with Crippen molar-refractivity contribution in [3.63, 3.8) is 0 Å². The van der Waals surface area contributed by atoms with Crippen molar-refractivity contribution in [3.8, 4) is 5.75 Å². The van der Waals surface area contributed by atoms with Gasteiger partial charge in [0.25, 0.3) is 0 Å². The van der Waals surface area contributed by atoms with E-state index in [4.69, 9.17) is 4.74 Å². The first-order valence-electron chi connectivity index (χ1n) is 8.57. The number of aryl methyl sites for hydroxylation is 1. The number of benzene rings is 2. The first-order valence-corrected chi connectivity index (χ1v) is 8.57. The lowest BCUT2D eigenvalue weighted by molar-refractivity contribution is -0.121. The molecule has 0 atom stereocenters. The van der Waals surface area contributed by atoms with Crippen LogP contribution in [0.1, 0.15) is 44.6 Å². The molecule has 3 heteroatoms. The molecular weight excluding hydrogens is 286 g/mol. The summed E-state index contributed by atoms with van der Waals surface area (Å²) in [5, 5.41) is 5.48. The predicted octanol–water partition coefficient (Wildman–Crippen LogP) is 4.48. The van der Waals surface area contributed by atoms with Crippen LogP contribution in [-0.4, -0.2) is 19.6 Å². The summed E-state index contributed by atoms with van der Waals surface area (Å²) in [6.45, 7) is 2.89. The van der Waals surface area contributed by atoms with Crippen LogP contribution in [0.3, 0.4) is 0 Å². The number of nitrogens with one attached hydrogen (secondary N) is 1. The van der Waals surface area contributed by atoms with Gasteiger partial charge in [-0.15, -0.1) is 0 Å². The SMILES string of the molecule is CCCCCC(=O)NCCCc1cccc2ccc(OC)cc12. The van der Waals surface area contributed by atoms with Gasteiger partial charge in [0.05, 0.1) is 7.11 Å². The Morgan fingerprint density at radius 1 is 1.13 bits per heavy atom. The van der Waals surface area contributed by atoms with Gasteiger partial charge < -0.3 is 10.1 Å². The minimum absolute atomic E-state index is 0.179. The zero-order valence-electron chi connectivity index (χ0n) is 14.2. The van der Waals surface area contributed by atoms with Crippen LogP contribution in [0.4, 0.5) is 0 Å². The van der Waals surface area contributed by atoms with E-state index in [-0.39, 0.29) is 5.91 Å². The zero-order chi connectivity index (χ0) is 16.5. The maximum Gasteiger partial charge on any atom is 0.219 e. The Bertz CT molecular complexity index is 637. The third-order valence-electron chi connectivity index (χ3n) is 4.13. The average Bonchev–Trinajstić information content (AvgIpc) is 2.58. The van der Waals surface area contributed by atoms with Gasteiger partial charge in [-0.3, -0.25) is 4.79 Å². The third-order valence-corrected chi connectivity index (χ3v) is 4.13. The highest BCUT2D eigenvalue weighted by Gasteiger charge is 2.04. The number of methoxy groups -OCH3 is 1. The second-order valence-electron chi connectivity index (χ2n) is 5.91. The fourth-order valence-corrected chi connectivity index (χ4v) is 2.79. The van der Waals surface area contributed by atoms with Gasteiger partial charge >= 0.3 is 0 Å². The number of hydrogen-bond donors (Lipinski definition) is 1. The van der Waals surface area contributed by atoms with E-state index in [1.165, 1.54) is 16.3 Å². The molecule has 0 unspecified atom stereocenters. The van der Waals surface area contributed by atoms with E-state index in [1.807, 2.05) is 6.07 Å². The second kappa shape index (κ2) is 9.19. The van der Waals surface area contributed by atoms with Crippen LogP contribution in [0.25, 0.3) is 10.8 Å². The first-order chi connectivity index (χ1) is 11.2. The second-order valence-corrected chi connectivity index (χ2v) is 5.91. The molecule has 0 aliphatic carbocycles. The zero-order valence-corrected chi connectivity index (χ0v) is 14.2. The number of carbonyl (C=O) groups is 1. The molecule has 0 saturated heterocycles. The number of fused-ring (bicyclic) bond motifs is 1. The Morgan fingerprint density at radius 2 is 2.00 bits per heavy atom. The quantitative estimate of drug-likeness (QED) is 0.693. The fraction of sp³-hybridized carbons (Fsp3) is 0.450. The van der Waals surface area contributed by atoms with Gasteiger partial charge in [0, 0.05) is 13.0 Å². The van der Waals surface area contributed by atoms with Crippen LogP contribution in [0.5, 0.6) is 5.75 Å². The Kier molecular flexibility index (Phi) is 6.92. The molecule has 0 fully saturated rings. The highest BCUT2D eigenvalue weighted by molar-refractivity contribution is 5.87. The van der Waals surface area contributed by atoms with Crippen molar-refractivity contribution in [1.82, 2.24) is 5.32 Å². The molecule has 0 radical (unpaired) electrons. The van der Waals surface area contributed by atoms with Gasteiger partial charge in [-0.25, -0.2) is 0 Å². The minimum Gasteiger partial charge on any atom is -0.497 e. The van der Waals surface area contributed by atoms with Gasteiger partial charge in [0.15, 0.2) is 0 Å². The van der Waals surface area contributed by atoms with Gasteiger partial charge in [-0.05, 0) is 47.7 Å². The summed E-state index contributed by atoms with van der Waals surface area (Å²) in [7, 11) is 1.69. The Labute approximate surface area is 139 Å². The Morgan fingerprint density at radius 3 is 2.78 bits per heavy atom. The molecule has 0 aliphatic heterocycles. The molecule has 3 nitrogen and oxygen atoms in total. The average molecular weight is 313 g/mol. The van der Waals surface area contributed by atoms with E-state index in [9.17, 15) is 4.79 Å². The molecule has 1 N–H and O–H groups in total. The predicted molar refractivity (Wildman–Crippen MR) is 96.0 cm³/mol. The molecule has 23 heavy (non-hydrogen) atoms. The summed E-state index contributed by atoms with van der Waals surface area (Å²) in [5.74, 6) is 1.06. The molecule has 0 heterocycles. The number of rotatable bonds is 9. The van der Waals surface area contributed by atoms with Crippen LogP contribution in [0.2, 0.25) is 0 Å². The summed E-state index contributed by atoms with van der Waals surface area (Å²) in [5.41, 5.74) is 1.31. The normalized spacial score (nSPS) is 10.7. The van der Waals surface area contributed by atoms with Crippen molar-refractivity contribution >= 4 is 16.7 Å². The van der Waals surface area contributed by atoms with Crippen LogP contribution in [-0.2, 0) is 11.2 Å². The lowest BCUT2D eigenvalue weighted by Gasteiger charge is -2.09. The smallest absolute Gasteiger partial charge is 0.219 e. The molecule has 0 saturated carbocycles.